The van der Waals surface area contributed by atoms with Crippen LogP contribution >= 0.6 is 15.9 Å². The second-order valence-corrected chi connectivity index (χ2v) is 3.55. The quantitative estimate of drug-likeness (QED) is 0.681. The van der Waals surface area contributed by atoms with Crippen LogP contribution in [-0.4, -0.2) is 29.5 Å². The number of aromatic nitrogens is 1. The van der Waals surface area contributed by atoms with E-state index >= 15 is 0 Å². The molecule has 1 heterocycles. The largest absolute Gasteiger partial charge is 0.574 e. The van der Waals surface area contributed by atoms with Gasteiger partial charge in [-0.05, 0) is 0 Å². The number of hydrogen-bond acceptors (Lipinski definition) is 5. The highest BCUT2D eigenvalue weighted by Gasteiger charge is 2.33. The number of aromatic hydroxyl groups is 1. The van der Waals surface area contributed by atoms with Crippen molar-refractivity contribution in [2.24, 2.45) is 0 Å². The van der Waals surface area contributed by atoms with E-state index in [1.54, 1.807) is 0 Å². The van der Waals surface area contributed by atoms with Crippen molar-refractivity contribution in [3.8, 4) is 11.6 Å². The molecular formula is C9H7BrF3NO4. The molecule has 0 saturated carbocycles. The van der Waals surface area contributed by atoms with Crippen LogP contribution < -0.4 is 4.74 Å². The fourth-order valence-electron chi connectivity index (χ4n) is 1.08. The fraction of sp³-hybridized carbons (Fsp3) is 0.333. The van der Waals surface area contributed by atoms with Gasteiger partial charge in [-0.2, -0.15) is 0 Å². The van der Waals surface area contributed by atoms with E-state index < -0.39 is 29.7 Å². The lowest BCUT2D eigenvalue weighted by Gasteiger charge is -2.11. The number of carbonyl (C=O) groups is 1. The minimum absolute atomic E-state index is 0.0135. The van der Waals surface area contributed by atoms with Gasteiger partial charge in [0.05, 0.1) is 7.11 Å². The third-order valence-electron chi connectivity index (χ3n) is 1.79. The molecule has 0 radical (unpaired) electrons. The van der Waals surface area contributed by atoms with E-state index in [-0.39, 0.29) is 10.9 Å². The summed E-state index contributed by atoms with van der Waals surface area (Å²) in [4.78, 5) is 14.5. The highest BCUT2D eigenvalue weighted by molar-refractivity contribution is 9.08. The number of hydrogen-bond donors (Lipinski definition) is 1. The first-order chi connectivity index (χ1) is 8.28. The number of pyridine rings is 1. The first-order valence-corrected chi connectivity index (χ1v) is 5.53. The zero-order chi connectivity index (χ0) is 13.9. The maximum atomic E-state index is 12.0. The Morgan fingerprint density at radius 3 is 2.61 bits per heavy atom. The lowest BCUT2D eigenvalue weighted by Crippen LogP contribution is -2.19. The molecule has 9 heteroatoms. The number of ether oxygens (including phenoxy) is 2. The summed E-state index contributed by atoms with van der Waals surface area (Å²) in [6, 6.07) is 0.865. The number of carbonyl (C=O) groups excluding carboxylic acids is 1. The van der Waals surface area contributed by atoms with E-state index in [9.17, 15) is 23.1 Å². The van der Waals surface area contributed by atoms with Gasteiger partial charge in [-0.15, -0.1) is 13.2 Å². The van der Waals surface area contributed by atoms with Crippen LogP contribution in [-0.2, 0) is 10.1 Å². The van der Waals surface area contributed by atoms with Gasteiger partial charge in [-0.1, -0.05) is 15.9 Å². The van der Waals surface area contributed by atoms with Crippen molar-refractivity contribution in [3.05, 3.63) is 17.3 Å². The first kappa shape index (κ1) is 14.6. The van der Waals surface area contributed by atoms with Gasteiger partial charge in [0, 0.05) is 17.0 Å². The van der Waals surface area contributed by atoms with E-state index in [2.05, 4.69) is 30.4 Å². The Kier molecular flexibility index (Phi) is 4.38. The second kappa shape index (κ2) is 5.42. The van der Waals surface area contributed by atoms with Gasteiger partial charge in [-0.3, -0.25) is 0 Å². The molecule has 100 valence electrons. The van der Waals surface area contributed by atoms with Crippen molar-refractivity contribution in [2.45, 2.75) is 11.7 Å². The van der Waals surface area contributed by atoms with Crippen LogP contribution in [0.4, 0.5) is 13.2 Å². The first-order valence-electron chi connectivity index (χ1n) is 4.41. The molecule has 1 aromatic heterocycles. The predicted octanol–water partition coefficient (Wildman–Crippen LogP) is 2.37. The number of halogens is 4. The van der Waals surface area contributed by atoms with E-state index in [4.69, 9.17) is 0 Å². The summed E-state index contributed by atoms with van der Waals surface area (Å²) in [5.74, 6) is -2.48. The minimum atomic E-state index is -4.94. The molecule has 1 aromatic rings. The molecule has 0 saturated heterocycles. The lowest BCUT2D eigenvalue weighted by atomic mass is 10.2. The van der Waals surface area contributed by atoms with Gasteiger partial charge in [-0.25, -0.2) is 9.78 Å². The van der Waals surface area contributed by atoms with E-state index in [1.807, 2.05) is 0 Å². The van der Waals surface area contributed by atoms with Gasteiger partial charge in [0.25, 0.3) is 0 Å². The van der Waals surface area contributed by atoms with E-state index in [1.165, 1.54) is 0 Å². The molecule has 1 N–H and O–H groups in total. The Labute approximate surface area is 108 Å². The Balaban J connectivity index is 3.26. The van der Waals surface area contributed by atoms with Gasteiger partial charge >= 0.3 is 12.3 Å². The molecule has 0 aliphatic heterocycles. The normalized spacial score (nSPS) is 11.2. The Morgan fingerprint density at radius 2 is 2.17 bits per heavy atom. The number of rotatable bonds is 3. The molecule has 0 aliphatic rings. The molecule has 0 unspecified atom stereocenters. The zero-order valence-electron chi connectivity index (χ0n) is 8.92. The van der Waals surface area contributed by atoms with E-state index in [0.29, 0.717) is 0 Å². The Hall–Kier alpha value is -1.51. The standard InChI is InChI=1S/C9H7BrF3NO4/c1-17-8(16)6-7(15)4(3-10)2-5(14-6)18-9(11,12)13/h2,15H,3H2,1H3. The molecule has 1 rings (SSSR count). The van der Waals surface area contributed by atoms with Crippen molar-refractivity contribution >= 4 is 21.9 Å². The highest BCUT2D eigenvalue weighted by atomic mass is 79.9. The third-order valence-corrected chi connectivity index (χ3v) is 2.40. The van der Waals surface area contributed by atoms with Crippen molar-refractivity contribution in [3.63, 3.8) is 0 Å². The zero-order valence-corrected chi connectivity index (χ0v) is 10.5. The Morgan fingerprint density at radius 1 is 1.56 bits per heavy atom. The summed E-state index contributed by atoms with van der Waals surface area (Å²) >= 11 is 2.95. The summed E-state index contributed by atoms with van der Waals surface area (Å²) in [7, 11) is 1.01. The summed E-state index contributed by atoms with van der Waals surface area (Å²) in [5, 5.41) is 9.60. The van der Waals surface area contributed by atoms with Crippen LogP contribution in [0, 0.1) is 0 Å². The van der Waals surface area contributed by atoms with Crippen molar-refractivity contribution in [2.75, 3.05) is 7.11 Å². The molecule has 0 aliphatic carbocycles. The average molecular weight is 330 g/mol. The topological polar surface area (TPSA) is 68.7 Å². The summed E-state index contributed by atoms with van der Waals surface area (Å²) in [6.07, 6.45) is -4.94. The molecule has 0 atom stereocenters. The SMILES string of the molecule is COC(=O)c1nc(OC(F)(F)F)cc(CBr)c1O. The predicted molar refractivity (Wildman–Crippen MR) is 56.6 cm³/mol. The molecule has 18 heavy (non-hydrogen) atoms. The minimum Gasteiger partial charge on any atom is -0.505 e. The number of esters is 1. The molecule has 0 spiro atoms. The molecule has 0 fully saturated rings. The second-order valence-electron chi connectivity index (χ2n) is 2.99. The van der Waals surface area contributed by atoms with Gasteiger partial charge in [0.2, 0.25) is 5.88 Å². The lowest BCUT2D eigenvalue weighted by molar-refractivity contribution is -0.276. The Bertz CT molecular complexity index is 464. The summed E-state index contributed by atoms with van der Waals surface area (Å²) in [6.45, 7) is 0. The summed E-state index contributed by atoms with van der Waals surface area (Å²) < 4.78 is 44.0. The van der Waals surface area contributed by atoms with Crippen LogP contribution in [0.5, 0.6) is 11.6 Å². The van der Waals surface area contributed by atoms with Crippen molar-refractivity contribution in [1.29, 1.82) is 0 Å². The van der Waals surface area contributed by atoms with Crippen molar-refractivity contribution in [1.82, 2.24) is 4.98 Å². The smallest absolute Gasteiger partial charge is 0.505 e. The van der Waals surface area contributed by atoms with Crippen LogP contribution in [0.15, 0.2) is 6.07 Å². The van der Waals surface area contributed by atoms with Crippen LogP contribution in [0.3, 0.4) is 0 Å². The van der Waals surface area contributed by atoms with Crippen LogP contribution in [0.2, 0.25) is 0 Å². The average Bonchev–Trinajstić information content (AvgIpc) is 2.28. The molecule has 5 nitrogen and oxygen atoms in total. The number of nitrogens with zero attached hydrogens (tertiary/aromatic N) is 1. The molecule has 0 aromatic carbocycles. The maximum absolute atomic E-state index is 12.0. The number of alkyl halides is 4. The fourth-order valence-corrected chi connectivity index (χ4v) is 1.50. The summed E-state index contributed by atoms with van der Waals surface area (Å²) in [5.41, 5.74) is -0.627. The van der Waals surface area contributed by atoms with E-state index in [0.717, 1.165) is 13.2 Å². The van der Waals surface area contributed by atoms with Crippen molar-refractivity contribution < 1.29 is 32.5 Å². The van der Waals surface area contributed by atoms with Gasteiger partial charge in [0.15, 0.2) is 11.4 Å². The molecular weight excluding hydrogens is 323 g/mol. The van der Waals surface area contributed by atoms with Gasteiger partial charge < -0.3 is 14.6 Å². The maximum Gasteiger partial charge on any atom is 0.574 e. The van der Waals surface area contributed by atoms with Gasteiger partial charge in [0.1, 0.15) is 0 Å². The van der Waals surface area contributed by atoms with Crippen LogP contribution in [0.25, 0.3) is 0 Å². The molecule has 0 bridgehead atoms. The number of methoxy groups -OCH3 is 1. The highest BCUT2D eigenvalue weighted by Crippen LogP contribution is 2.30. The third kappa shape index (κ3) is 3.49. The molecule has 0 amide bonds. The monoisotopic (exact) mass is 329 g/mol. The van der Waals surface area contributed by atoms with Crippen LogP contribution in [0.1, 0.15) is 16.1 Å².